The first-order valence-corrected chi connectivity index (χ1v) is 14.4. The molecule has 3 aromatic heterocycles. The third kappa shape index (κ3) is 7.00. The molecule has 216 valence electrons. The summed E-state index contributed by atoms with van der Waals surface area (Å²) in [5, 5.41) is 5.11. The summed E-state index contributed by atoms with van der Waals surface area (Å²) in [5.41, 5.74) is 4.53. The average Bonchev–Trinajstić information content (AvgIpc) is 3.44. The Balaban J connectivity index is 0.000000180. The van der Waals surface area contributed by atoms with Gasteiger partial charge in [-0.15, -0.1) is 0 Å². The van der Waals surface area contributed by atoms with Gasteiger partial charge in [0.25, 0.3) is 5.56 Å². The number of halogens is 1. The van der Waals surface area contributed by atoms with E-state index in [2.05, 4.69) is 22.0 Å². The summed E-state index contributed by atoms with van der Waals surface area (Å²) in [5.74, 6) is 0.784. The number of piperidine rings is 1. The molecule has 7 nitrogen and oxygen atoms in total. The van der Waals surface area contributed by atoms with Crippen molar-refractivity contribution in [3.8, 4) is 5.75 Å². The zero-order valence-corrected chi connectivity index (χ0v) is 24.6. The van der Waals surface area contributed by atoms with Crippen LogP contribution in [0.15, 0.2) is 76.2 Å². The molecule has 2 aromatic carbocycles. The first-order chi connectivity index (χ1) is 19.9. The Hall–Kier alpha value is -4.04. The first-order valence-electron chi connectivity index (χ1n) is 14.4. The third-order valence-corrected chi connectivity index (χ3v) is 7.41. The fourth-order valence-electron chi connectivity index (χ4n) is 4.93. The molecule has 0 N–H and O–H groups in total. The lowest BCUT2D eigenvalue weighted by molar-refractivity contribution is 0.219. The van der Waals surface area contributed by atoms with E-state index < -0.39 is 0 Å². The normalized spacial score (nSPS) is 13.8. The maximum Gasteiger partial charge on any atom is 0.261 e. The SMILES string of the molecule is CC.CCN1CCC(c2noc3cc(F)ccc23)CC1.Cc1nc2c(OCc3ccccc3)cccn2c(=O)c1C. The minimum absolute atomic E-state index is 0.0531. The van der Waals surface area contributed by atoms with Crippen molar-refractivity contribution >= 4 is 16.6 Å². The number of hydrogen-bond donors (Lipinski definition) is 0. The summed E-state index contributed by atoms with van der Waals surface area (Å²) in [7, 11) is 0. The summed E-state index contributed by atoms with van der Waals surface area (Å²) in [6, 6.07) is 18.2. The van der Waals surface area contributed by atoms with Gasteiger partial charge in [0.2, 0.25) is 0 Å². The zero-order chi connectivity index (χ0) is 29.4. The summed E-state index contributed by atoms with van der Waals surface area (Å²) < 4.78 is 25.7. The van der Waals surface area contributed by atoms with E-state index in [0.717, 1.165) is 54.8 Å². The Morgan fingerprint density at radius 2 is 1.76 bits per heavy atom. The Bertz CT molecular complexity index is 1620. The minimum atomic E-state index is -0.272. The maximum absolute atomic E-state index is 13.1. The van der Waals surface area contributed by atoms with Gasteiger partial charge in [-0.25, -0.2) is 9.37 Å². The molecule has 0 atom stereocenters. The van der Waals surface area contributed by atoms with Crippen molar-refractivity contribution in [2.24, 2.45) is 0 Å². The average molecular weight is 559 g/mol. The number of rotatable bonds is 5. The molecule has 0 amide bonds. The maximum atomic E-state index is 13.1. The lowest BCUT2D eigenvalue weighted by atomic mass is 9.91. The monoisotopic (exact) mass is 558 g/mol. The summed E-state index contributed by atoms with van der Waals surface area (Å²) >= 11 is 0. The summed E-state index contributed by atoms with van der Waals surface area (Å²) in [6.45, 7) is 13.6. The molecule has 0 unspecified atom stereocenters. The fraction of sp³-hybridized carbons (Fsp3) is 0.364. The number of fused-ring (bicyclic) bond motifs is 2. The van der Waals surface area contributed by atoms with Crippen molar-refractivity contribution in [1.29, 1.82) is 0 Å². The van der Waals surface area contributed by atoms with Gasteiger partial charge in [0.05, 0.1) is 5.69 Å². The van der Waals surface area contributed by atoms with Crippen LogP contribution in [0.1, 0.15) is 62.0 Å². The van der Waals surface area contributed by atoms with Gasteiger partial charge in [0.15, 0.2) is 17.0 Å². The molecule has 1 saturated heterocycles. The van der Waals surface area contributed by atoms with Crippen LogP contribution in [0.5, 0.6) is 5.75 Å². The second kappa shape index (κ2) is 14.0. The standard InChI is InChI=1S/C17H16N2O2.C14H17FN2O.C2H6/c1-12-13(2)18-16-15(9-6-10-19(16)17(12)20)21-11-14-7-4-3-5-8-14;1-2-17-7-5-10(6-8-17)14-12-4-3-11(15)9-13(12)18-16-14;1-2/h3-10H,11H2,1-2H3;3-4,9-10H,2,5-8H2,1H3;1-2H3. The van der Waals surface area contributed by atoms with Gasteiger partial charge in [0.1, 0.15) is 12.4 Å². The van der Waals surface area contributed by atoms with E-state index >= 15 is 0 Å². The molecular weight excluding hydrogens is 519 g/mol. The highest BCUT2D eigenvalue weighted by atomic mass is 19.1. The highest BCUT2D eigenvalue weighted by Gasteiger charge is 2.24. The predicted molar refractivity (Wildman–Crippen MR) is 161 cm³/mol. The van der Waals surface area contributed by atoms with Crippen LogP contribution >= 0.6 is 0 Å². The number of hydrogen-bond acceptors (Lipinski definition) is 6. The molecule has 41 heavy (non-hydrogen) atoms. The van der Waals surface area contributed by atoms with Crippen LogP contribution in [0.3, 0.4) is 0 Å². The van der Waals surface area contributed by atoms with Crippen LogP contribution in [0.2, 0.25) is 0 Å². The molecule has 0 radical (unpaired) electrons. The smallest absolute Gasteiger partial charge is 0.261 e. The van der Waals surface area contributed by atoms with E-state index in [1.807, 2.05) is 57.2 Å². The fourth-order valence-corrected chi connectivity index (χ4v) is 4.93. The molecule has 0 saturated carbocycles. The van der Waals surface area contributed by atoms with Crippen LogP contribution in [0.4, 0.5) is 4.39 Å². The second-order valence-corrected chi connectivity index (χ2v) is 9.88. The van der Waals surface area contributed by atoms with Gasteiger partial charge in [-0.1, -0.05) is 56.3 Å². The predicted octanol–water partition coefficient (Wildman–Crippen LogP) is 7.08. The van der Waals surface area contributed by atoms with Crippen molar-refractivity contribution < 1.29 is 13.7 Å². The molecule has 4 heterocycles. The van der Waals surface area contributed by atoms with E-state index in [0.29, 0.717) is 35.1 Å². The van der Waals surface area contributed by atoms with Gasteiger partial charge in [-0.3, -0.25) is 9.20 Å². The van der Waals surface area contributed by atoms with E-state index in [9.17, 15) is 9.18 Å². The molecule has 1 aliphatic rings. The van der Waals surface area contributed by atoms with Crippen molar-refractivity contribution in [1.82, 2.24) is 19.4 Å². The molecule has 5 aromatic rings. The molecule has 1 aliphatic heterocycles. The largest absolute Gasteiger partial charge is 0.485 e. The van der Waals surface area contributed by atoms with Crippen LogP contribution < -0.4 is 10.3 Å². The van der Waals surface area contributed by atoms with Crippen LogP contribution in [-0.2, 0) is 6.61 Å². The number of nitrogens with zero attached hydrogens (tertiary/aromatic N) is 4. The van der Waals surface area contributed by atoms with Gasteiger partial charge in [0, 0.05) is 34.8 Å². The number of aryl methyl sites for hydroxylation is 1. The van der Waals surface area contributed by atoms with Crippen LogP contribution in [0, 0.1) is 19.7 Å². The third-order valence-electron chi connectivity index (χ3n) is 7.41. The number of aromatic nitrogens is 3. The molecule has 1 fully saturated rings. The van der Waals surface area contributed by atoms with Crippen molar-refractivity contribution in [2.75, 3.05) is 19.6 Å². The van der Waals surface area contributed by atoms with E-state index in [-0.39, 0.29) is 11.4 Å². The molecule has 8 heteroatoms. The summed E-state index contributed by atoms with van der Waals surface area (Å²) in [4.78, 5) is 19.2. The zero-order valence-electron chi connectivity index (χ0n) is 24.6. The lowest BCUT2D eigenvalue weighted by Crippen LogP contribution is -2.32. The number of ether oxygens (including phenoxy) is 1. The Morgan fingerprint density at radius 3 is 2.46 bits per heavy atom. The number of pyridine rings is 1. The minimum Gasteiger partial charge on any atom is -0.485 e. The van der Waals surface area contributed by atoms with E-state index in [1.165, 1.54) is 16.5 Å². The van der Waals surface area contributed by atoms with Crippen LogP contribution in [0.25, 0.3) is 16.6 Å². The number of likely N-dealkylation sites (tertiary alicyclic amines) is 1. The van der Waals surface area contributed by atoms with Crippen molar-refractivity contribution in [3.05, 3.63) is 106 Å². The molecule has 6 rings (SSSR count). The molecular formula is C33H39FN4O3. The topological polar surface area (TPSA) is 72.9 Å². The lowest BCUT2D eigenvalue weighted by Gasteiger charge is -2.29. The van der Waals surface area contributed by atoms with Crippen molar-refractivity contribution in [3.63, 3.8) is 0 Å². The van der Waals surface area contributed by atoms with Gasteiger partial charge < -0.3 is 14.2 Å². The van der Waals surface area contributed by atoms with Crippen LogP contribution in [-0.4, -0.2) is 39.1 Å². The van der Waals surface area contributed by atoms with E-state index in [1.54, 1.807) is 25.3 Å². The first kappa shape index (κ1) is 29.9. The molecule has 0 aliphatic carbocycles. The van der Waals surface area contributed by atoms with Gasteiger partial charge in [-0.2, -0.15) is 0 Å². The van der Waals surface area contributed by atoms with Gasteiger partial charge >= 0.3 is 0 Å². The highest BCUT2D eigenvalue weighted by Crippen LogP contribution is 2.32. The van der Waals surface area contributed by atoms with E-state index in [4.69, 9.17) is 9.26 Å². The Labute approximate surface area is 240 Å². The Morgan fingerprint density at radius 1 is 1.02 bits per heavy atom. The number of benzene rings is 2. The molecule has 0 spiro atoms. The second-order valence-electron chi connectivity index (χ2n) is 9.88. The quantitative estimate of drug-likeness (QED) is 0.229. The molecule has 0 bridgehead atoms. The van der Waals surface area contributed by atoms with Crippen molar-refractivity contribution in [2.45, 2.75) is 60.0 Å². The Kier molecular flexibility index (Phi) is 10.2. The van der Waals surface area contributed by atoms with Gasteiger partial charge in [-0.05, 0) is 76.2 Å². The summed E-state index contributed by atoms with van der Waals surface area (Å²) in [6.07, 6.45) is 3.92. The highest BCUT2D eigenvalue weighted by molar-refractivity contribution is 5.79.